The number of benzene rings is 2. The maximum atomic E-state index is 13.6. The zero-order valence-electron chi connectivity index (χ0n) is 20.6. The summed E-state index contributed by atoms with van der Waals surface area (Å²) in [6.07, 6.45) is 0.0357. The number of carbonyl (C=O) groups excluding carboxylic acids is 2. The Balaban J connectivity index is 1.77. The van der Waals surface area contributed by atoms with Gasteiger partial charge < -0.3 is 23.8 Å². The van der Waals surface area contributed by atoms with Crippen molar-refractivity contribution in [2.75, 3.05) is 20.8 Å². The van der Waals surface area contributed by atoms with Gasteiger partial charge in [-0.3, -0.25) is 4.79 Å². The van der Waals surface area contributed by atoms with Gasteiger partial charge in [-0.2, -0.15) is 0 Å². The van der Waals surface area contributed by atoms with Gasteiger partial charge in [-0.15, -0.1) is 0 Å². The Hall–Kier alpha value is -3.72. The summed E-state index contributed by atoms with van der Waals surface area (Å²) in [7, 11) is 3.11. The van der Waals surface area contributed by atoms with Crippen molar-refractivity contribution in [1.29, 1.82) is 0 Å². The standard InChI is InChI=1S/C27H28N2O6S/c1-5-34-22(30)14-19-16-36-27-28-17(2)23(26(31)35-15-18-10-7-6-8-11-18)24(29(19)27)20-12-9-13-21(32-3)25(20)33-4/h6-13,16,24H,5,14-15H2,1-4H3. The Morgan fingerprint density at radius 1 is 1.03 bits per heavy atom. The molecular formula is C27H28N2O6S. The van der Waals surface area contributed by atoms with Crippen molar-refractivity contribution < 1.29 is 28.5 Å². The Morgan fingerprint density at radius 2 is 1.81 bits per heavy atom. The number of hydrogen-bond acceptors (Lipinski definition) is 9. The van der Waals surface area contributed by atoms with Crippen LogP contribution < -0.4 is 9.47 Å². The van der Waals surface area contributed by atoms with E-state index in [1.54, 1.807) is 34.1 Å². The molecule has 0 radical (unpaired) electrons. The first-order valence-corrected chi connectivity index (χ1v) is 12.4. The van der Waals surface area contributed by atoms with Crippen molar-refractivity contribution >= 4 is 28.9 Å². The van der Waals surface area contributed by atoms with E-state index in [1.807, 2.05) is 52.8 Å². The van der Waals surface area contributed by atoms with Gasteiger partial charge in [0.2, 0.25) is 0 Å². The fourth-order valence-corrected chi connectivity index (χ4v) is 5.18. The van der Waals surface area contributed by atoms with E-state index in [1.165, 1.54) is 11.8 Å². The van der Waals surface area contributed by atoms with Crippen LogP contribution in [0.5, 0.6) is 11.5 Å². The molecule has 0 bridgehead atoms. The lowest BCUT2D eigenvalue weighted by Crippen LogP contribution is -2.37. The second-order valence-electron chi connectivity index (χ2n) is 8.02. The molecule has 36 heavy (non-hydrogen) atoms. The summed E-state index contributed by atoms with van der Waals surface area (Å²) in [5.41, 5.74) is 3.13. The number of fused-ring (bicyclic) bond motifs is 1. The first-order valence-electron chi connectivity index (χ1n) is 11.5. The zero-order valence-corrected chi connectivity index (χ0v) is 21.5. The fraction of sp³-hybridized carbons (Fsp3) is 0.296. The smallest absolute Gasteiger partial charge is 0.338 e. The van der Waals surface area contributed by atoms with Gasteiger partial charge in [0, 0.05) is 11.3 Å². The number of rotatable bonds is 9. The fourth-order valence-electron chi connectivity index (χ4n) is 4.21. The molecule has 188 valence electrons. The molecule has 0 amide bonds. The van der Waals surface area contributed by atoms with Gasteiger partial charge in [-0.25, -0.2) is 9.79 Å². The summed E-state index contributed by atoms with van der Waals surface area (Å²) in [5.74, 6) is 0.152. The van der Waals surface area contributed by atoms with Crippen molar-refractivity contribution in [2.45, 2.75) is 32.9 Å². The third-order valence-electron chi connectivity index (χ3n) is 5.79. The SMILES string of the molecule is CCOC(=O)CC1=CSC2=NC(C)=C(C(=O)OCc3ccccc3)C(c3cccc(OC)c3OC)N12. The van der Waals surface area contributed by atoms with Gasteiger partial charge in [0.25, 0.3) is 0 Å². The van der Waals surface area contributed by atoms with E-state index in [9.17, 15) is 9.59 Å². The molecule has 0 saturated carbocycles. The van der Waals surface area contributed by atoms with Crippen molar-refractivity contribution in [3.05, 3.63) is 82.0 Å². The molecule has 0 aliphatic carbocycles. The lowest BCUT2D eigenvalue weighted by Gasteiger charge is -2.36. The van der Waals surface area contributed by atoms with Crippen molar-refractivity contribution in [3.8, 4) is 11.5 Å². The second kappa shape index (κ2) is 11.3. The second-order valence-corrected chi connectivity index (χ2v) is 8.86. The molecule has 0 aromatic heterocycles. The molecule has 4 rings (SSSR count). The number of nitrogens with zero attached hydrogens (tertiary/aromatic N) is 2. The highest BCUT2D eigenvalue weighted by atomic mass is 32.2. The Bertz CT molecular complexity index is 1240. The highest BCUT2D eigenvalue weighted by Gasteiger charge is 2.43. The van der Waals surface area contributed by atoms with Crippen LogP contribution in [-0.2, 0) is 25.7 Å². The van der Waals surface area contributed by atoms with Crippen molar-refractivity contribution in [3.63, 3.8) is 0 Å². The topological polar surface area (TPSA) is 86.7 Å². The molecule has 0 saturated heterocycles. The minimum Gasteiger partial charge on any atom is -0.493 e. The zero-order chi connectivity index (χ0) is 25.7. The largest absolute Gasteiger partial charge is 0.493 e. The molecular weight excluding hydrogens is 480 g/mol. The number of para-hydroxylation sites is 1. The molecule has 2 heterocycles. The first-order chi connectivity index (χ1) is 17.5. The van der Waals surface area contributed by atoms with Crippen LogP contribution in [0.25, 0.3) is 0 Å². The Morgan fingerprint density at radius 3 is 2.50 bits per heavy atom. The summed E-state index contributed by atoms with van der Waals surface area (Å²) in [6.45, 7) is 3.95. The maximum absolute atomic E-state index is 13.6. The summed E-state index contributed by atoms with van der Waals surface area (Å²) in [5, 5.41) is 2.52. The van der Waals surface area contributed by atoms with Crippen LogP contribution >= 0.6 is 11.8 Å². The van der Waals surface area contributed by atoms with Gasteiger partial charge in [-0.1, -0.05) is 54.2 Å². The summed E-state index contributed by atoms with van der Waals surface area (Å²) in [6, 6.07) is 14.3. The van der Waals surface area contributed by atoms with Gasteiger partial charge in [0.15, 0.2) is 16.7 Å². The molecule has 2 aliphatic rings. The van der Waals surface area contributed by atoms with E-state index in [0.717, 1.165) is 5.56 Å². The van der Waals surface area contributed by atoms with E-state index in [-0.39, 0.29) is 25.6 Å². The number of allylic oxidation sites excluding steroid dienone is 1. The predicted molar refractivity (Wildman–Crippen MR) is 137 cm³/mol. The van der Waals surface area contributed by atoms with E-state index < -0.39 is 12.0 Å². The predicted octanol–water partition coefficient (Wildman–Crippen LogP) is 4.98. The quantitative estimate of drug-likeness (QED) is 0.439. The number of carbonyl (C=O) groups is 2. The lowest BCUT2D eigenvalue weighted by atomic mass is 9.92. The molecule has 0 fully saturated rings. The Labute approximate surface area is 214 Å². The van der Waals surface area contributed by atoms with Gasteiger partial charge in [0.05, 0.1) is 44.6 Å². The van der Waals surface area contributed by atoms with Crippen LogP contribution in [0.1, 0.15) is 37.4 Å². The maximum Gasteiger partial charge on any atom is 0.338 e. The van der Waals surface area contributed by atoms with Gasteiger partial charge in [0.1, 0.15) is 6.61 Å². The van der Waals surface area contributed by atoms with Crippen LogP contribution in [0.3, 0.4) is 0 Å². The molecule has 2 aromatic carbocycles. The molecule has 1 atom stereocenters. The summed E-state index contributed by atoms with van der Waals surface area (Å²) >= 11 is 1.39. The number of amidine groups is 1. The van der Waals surface area contributed by atoms with Crippen LogP contribution in [-0.4, -0.2) is 42.8 Å². The molecule has 1 unspecified atom stereocenters. The average Bonchev–Trinajstić information content (AvgIpc) is 3.28. The van der Waals surface area contributed by atoms with Crippen LogP contribution in [0.15, 0.2) is 75.9 Å². The lowest BCUT2D eigenvalue weighted by molar-refractivity contribution is -0.142. The molecule has 8 nitrogen and oxygen atoms in total. The number of thioether (sulfide) groups is 1. The van der Waals surface area contributed by atoms with Gasteiger partial charge >= 0.3 is 11.9 Å². The highest BCUT2D eigenvalue weighted by molar-refractivity contribution is 8.16. The van der Waals surface area contributed by atoms with Crippen molar-refractivity contribution in [1.82, 2.24) is 4.90 Å². The number of ether oxygens (including phenoxy) is 4. The summed E-state index contributed by atoms with van der Waals surface area (Å²) < 4.78 is 22.2. The van der Waals surface area contributed by atoms with Crippen LogP contribution in [0.4, 0.5) is 0 Å². The van der Waals surface area contributed by atoms with Crippen LogP contribution in [0.2, 0.25) is 0 Å². The van der Waals surface area contributed by atoms with Gasteiger partial charge in [-0.05, 0) is 30.9 Å². The first kappa shape index (κ1) is 25.4. The molecule has 2 aromatic rings. The van der Waals surface area contributed by atoms with E-state index in [2.05, 4.69) is 4.99 Å². The number of esters is 2. The average molecular weight is 509 g/mol. The third kappa shape index (κ3) is 5.11. The summed E-state index contributed by atoms with van der Waals surface area (Å²) in [4.78, 5) is 32.5. The normalized spacial score (nSPS) is 16.7. The number of hydrogen-bond donors (Lipinski definition) is 0. The molecule has 2 aliphatic heterocycles. The number of aliphatic imine (C=N–C) groups is 1. The molecule has 9 heteroatoms. The molecule has 0 N–H and O–H groups in total. The third-order valence-corrected chi connectivity index (χ3v) is 6.68. The number of methoxy groups -OCH3 is 2. The Kier molecular flexibility index (Phi) is 8.00. The van der Waals surface area contributed by atoms with E-state index >= 15 is 0 Å². The highest BCUT2D eigenvalue weighted by Crippen LogP contribution is 2.48. The van der Waals surface area contributed by atoms with E-state index in [0.29, 0.717) is 39.2 Å². The minimum absolute atomic E-state index is 0.0357. The van der Waals surface area contributed by atoms with E-state index in [4.69, 9.17) is 18.9 Å². The minimum atomic E-state index is -0.651. The van der Waals surface area contributed by atoms with Crippen molar-refractivity contribution in [2.24, 2.45) is 4.99 Å². The monoisotopic (exact) mass is 508 g/mol. The molecule has 0 spiro atoms. The van der Waals surface area contributed by atoms with Crippen LogP contribution in [0, 0.1) is 0 Å².